The Morgan fingerprint density at radius 2 is 1.57 bits per heavy atom. The van der Waals surface area contributed by atoms with Crippen LogP contribution in [0.1, 0.15) is 50.7 Å². The molecule has 0 saturated carbocycles. The maximum absolute atomic E-state index is 4.75. The highest BCUT2D eigenvalue weighted by atomic mass is 32.1. The van der Waals surface area contributed by atoms with Crippen molar-refractivity contribution in [2.75, 3.05) is 0 Å². The lowest BCUT2D eigenvalue weighted by Gasteiger charge is -2.18. The third kappa shape index (κ3) is 2.96. The van der Waals surface area contributed by atoms with Crippen molar-refractivity contribution in [1.29, 1.82) is 0 Å². The summed E-state index contributed by atoms with van der Waals surface area (Å²) in [6.07, 6.45) is 4.03. The van der Waals surface area contributed by atoms with Gasteiger partial charge in [0, 0.05) is 38.1 Å². The summed E-state index contributed by atoms with van der Waals surface area (Å²) in [6, 6.07) is 21.9. The molecule has 150 valence electrons. The monoisotopic (exact) mass is 410 g/mol. The fourth-order valence-corrected chi connectivity index (χ4v) is 5.74. The van der Waals surface area contributed by atoms with E-state index in [9.17, 15) is 0 Å². The van der Waals surface area contributed by atoms with Crippen LogP contribution in [0.5, 0.6) is 0 Å². The number of rotatable bonds is 4. The maximum Gasteiger partial charge on any atom is 0.144 e. The van der Waals surface area contributed by atoms with Crippen molar-refractivity contribution in [1.82, 2.24) is 9.55 Å². The van der Waals surface area contributed by atoms with Crippen LogP contribution in [0.25, 0.3) is 37.2 Å². The second kappa shape index (κ2) is 7.41. The maximum atomic E-state index is 4.75. The summed E-state index contributed by atoms with van der Waals surface area (Å²) in [6.45, 7) is 9.11. The summed E-state index contributed by atoms with van der Waals surface area (Å²) in [5.74, 6) is 1.91. The zero-order valence-corrected chi connectivity index (χ0v) is 18.7. The normalized spacial score (nSPS) is 11.9. The van der Waals surface area contributed by atoms with Crippen LogP contribution in [0.2, 0.25) is 0 Å². The molecule has 0 unspecified atom stereocenters. The van der Waals surface area contributed by atoms with Gasteiger partial charge in [0.2, 0.25) is 0 Å². The van der Waals surface area contributed by atoms with Gasteiger partial charge in [-0.15, -0.1) is 11.3 Å². The highest BCUT2D eigenvalue weighted by Crippen LogP contribution is 2.44. The third-order valence-electron chi connectivity index (χ3n) is 5.86. The fraction of sp³-hybridized carbons (Fsp3) is 0.222. The van der Waals surface area contributed by atoms with Gasteiger partial charge < -0.3 is 0 Å². The molecule has 3 aromatic carbocycles. The molecule has 0 aliphatic heterocycles. The highest BCUT2D eigenvalue weighted by molar-refractivity contribution is 7.26. The molecule has 2 heterocycles. The van der Waals surface area contributed by atoms with Crippen LogP contribution in [0.15, 0.2) is 73.1 Å². The average Bonchev–Trinajstić information content (AvgIpc) is 3.38. The van der Waals surface area contributed by atoms with E-state index in [-0.39, 0.29) is 0 Å². The molecule has 2 nitrogen and oxygen atoms in total. The van der Waals surface area contributed by atoms with E-state index in [4.69, 9.17) is 4.98 Å². The van der Waals surface area contributed by atoms with E-state index >= 15 is 0 Å². The van der Waals surface area contributed by atoms with E-state index in [2.05, 4.69) is 99.1 Å². The molecule has 0 fully saturated rings. The third-order valence-corrected chi connectivity index (χ3v) is 7.08. The molecule has 0 N–H and O–H groups in total. The van der Waals surface area contributed by atoms with E-state index in [1.165, 1.54) is 37.0 Å². The topological polar surface area (TPSA) is 17.8 Å². The van der Waals surface area contributed by atoms with Gasteiger partial charge in [-0.05, 0) is 29.0 Å². The van der Waals surface area contributed by atoms with Crippen molar-refractivity contribution in [3.05, 3.63) is 84.2 Å². The summed E-state index contributed by atoms with van der Waals surface area (Å²) in [5, 5.41) is 2.70. The Morgan fingerprint density at radius 1 is 0.800 bits per heavy atom. The zero-order chi connectivity index (χ0) is 20.8. The molecule has 30 heavy (non-hydrogen) atoms. The van der Waals surface area contributed by atoms with Crippen molar-refractivity contribution in [3.63, 3.8) is 0 Å². The molecule has 0 amide bonds. The molecule has 0 saturated heterocycles. The van der Waals surface area contributed by atoms with Crippen molar-refractivity contribution in [2.45, 2.75) is 39.5 Å². The SMILES string of the molecule is CC(C)c1ccc2sc3c(C(C)C)cccc3c2c1-n1ccnc1-c1ccccc1. The lowest BCUT2D eigenvalue weighted by atomic mass is 9.95. The fourth-order valence-electron chi connectivity index (χ4n) is 4.37. The summed E-state index contributed by atoms with van der Waals surface area (Å²) < 4.78 is 5.04. The lowest BCUT2D eigenvalue weighted by Crippen LogP contribution is -2.03. The number of hydrogen-bond donors (Lipinski definition) is 0. The quantitative estimate of drug-likeness (QED) is 0.292. The van der Waals surface area contributed by atoms with E-state index in [1.54, 1.807) is 0 Å². The van der Waals surface area contributed by atoms with E-state index in [1.807, 2.05) is 17.5 Å². The van der Waals surface area contributed by atoms with Crippen LogP contribution in [-0.4, -0.2) is 9.55 Å². The number of thiophene rings is 1. The van der Waals surface area contributed by atoms with E-state index in [0.717, 1.165) is 11.4 Å². The molecule has 0 atom stereocenters. The van der Waals surface area contributed by atoms with E-state index in [0.29, 0.717) is 11.8 Å². The van der Waals surface area contributed by atoms with E-state index < -0.39 is 0 Å². The van der Waals surface area contributed by atoms with Gasteiger partial charge in [-0.1, -0.05) is 82.3 Å². The number of hydrogen-bond acceptors (Lipinski definition) is 2. The van der Waals surface area contributed by atoms with Gasteiger partial charge >= 0.3 is 0 Å². The van der Waals surface area contributed by atoms with Gasteiger partial charge in [-0.25, -0.2) is 4.98 Å². The first-order valence-corrected chi connectivity index (χ1v) is 11.4. The van der Waals surface area contributed by atoms with Gasteiger partial charge in [-0.3, -0.25) is 4.57 Å². The Hall–Kier alpha value is -2.91. The largest absolute Gasteiger partial charge is 0.299 e. The standard InChI is InChI=1S/C27H26N2S/c1-17(2)20-13-14-23-24(22-12-8-11-21(18(3)4)26(22)30-23)25(20)29-16-15-28-27(29)19-9-6-5-7-10-19/h5-18H,1-4H3. The first kappa shape index (κ1) is 19.1. The molecule has 2 aromatic heterocycles. The predicted molar refractivity (Wildman–Crippen MR) is 130 cm³/mol. The summed E-state index contributed by atoms with van der Waals surface area (Å²) in [7, 11) is 0. The number of nitrogens with zero attached hydrogens (tertiary/aromatic N) is 2. The number of benzene rings is 3. The first-order chi connectivity index (χ1) is 14.6. The van der Waals surface area contributed by atoms with Crippen molar-refractivity contribution < 1.29 is 0 Å². The minimum absolute atomic E-state index is 0.415. The highest BCUT2D eigenvalue weighted by Gasteiger charge is 2.20. The molecule has 3 heteroatoms. The van der Waals surface area contributed by atoms with Crippen LogP contribution in [-0.2, 0) is 0 Å². The molecular weight excluding hydrogens is 384 g/mol. The Kier molecular flexibility index (Phi) is 4.71. The molecule has 5 aromatic rings. The molecule has 0 aliphatic carbocycles. The Labute approximate surface area is 181 Å². The van der Waals surface area contributed by atoms with Gasteiger partial charge in [0.1, 0.15) is 5.82 Å². The Morgan fingerprint density at radius 3 is 2.30 bits per heavy atom. The molecular formula is C27H26N2S. The van der Waals surface area contributed by atoms with Gasteiger partial charge in [0.15, 0.2) is 0 Å². The van der Waals surface area contributed by atoms with Crippen molar-refractivity contribution >= 4 is 31.5 Å². The number of imidazole rings is 1. The van der Waals surface area contributed by atoms with Crippen LogP contribution in [0, 0.1) is 0 Å². The summed E-state index contributed by atoms with van der Waals surface area (Å²) in [4.78, 5) is 4.75. The van der Waals surface area contributed by atoms with Crippen LogP contribution >= 0.6 is 11.3 Å². The van der Waals surface area contributed by atoms with Gasteiger partial charge in [0.05, 0.1) is 5.69 Å². The number of fused-ring (bicyclic) bond motifs is 3. The summed E-state index contributed by atoms with van der Waals surface area (Å²) in [5.41, 5.74) is 5.19. The molecule has 5 rings (SSSR count). The minimum atomic E-state index is 0.415. The zero-order valence-electron chi connectivity index (χ0n) is 17.9. The van der Waals surface area contributed by atoms with Crippen molar-refractivity contribution in [3.8, 4) is 17.1 Å². The smallest absolute Gasteiger partial charge is 0.144 e. The van der Waals surface area contributed by atoms with Crippen LogP contribution in [0.3, 0.4) is 0 Å². The van der Waals surface area contributed by atoms with Crippen LogP contribution < -0.4 is 0 Å². The Balaban J connectivity index is 1.90. The average molecular weight is 411 g/mol. The van der Waals surface area contributed by atoms with Gasteiger partial charge in [0.25, 0.3) is 0 Å². The Bertz CT molecular complexity index is 1340. The predicted octanol–water partition coefficient (Wildman–Crippen LogP) is 8.15. The first-order valence-electron chi connectivity index (χ1n) is 10.6. The second-order valence-electron chi connectivity index (χ2n) is 8.50. The molecule has 0 radical (unpaired) electrons. The molecule has 0 bridgehead atoms. The molecule has 0 aliphatic rings. The lowest BCUT2D eigenvalue weighted by molar-refractivity contribution is 0.851. The second-order valence-corrected chi connectivity index (χ2v) is 9.55. The van der Waals surface area contributed by atoms with Crippen molar-refractivity contribution in [2.24, 2.45) is 0 Å². The minimum Gasteiger partial charge on any atom is -0.299 e. The summed E-state index contributed by atoms with van der Waals surface area (Å²) >= 11 is 1.92. The van der Waals surface area contributed by atoms with Crippen LogP contribution in [0.4, 0.5) is 0 Å². The molecule has 0 spiro atoms. The number of aromatic nitrogens is 2. The van der Waals surface area contributed by atoms with Gasteiger partial charge in [-0.2, -0.15) is 0 Å².